The van der Waals surface area contributed by atoms with Crippen molar-refractivity contribution in [2.75, 3.05) is 5.43 Å². The van der Waals surface area contributed by atoms with Crippen LogP contribution in [0.3, 0.4) is 0 Å². The lowest BCUT2D eigenvalue weighted by molar-refractivity contribution is -0.141. The van der Waals surface area contributed by atoms with E-state index in [0.717, 1.165) is 0 Å². The average molecular weight is 342 g/mol. The molecule has 13 heteroatoms. The van der Waals surface area contributed by atoms with Crippen LogP contribution in [0.1, 0.15) is 11.1 Å². The van der Waals surface area contributed by atoms with Gasteiger partial charge in [0.25, 0.3) is 0 Å². The van der Waals surface area contributed by atoms with Crippen LogP contribution < -0.4 is 11.3 Å². The van der Waals surface area contributed by atoms with Gasteiger partial charge in [-0.15, -0.1) is 0 Å². The second-order valence-electron chi connectivity index (χ2n) is 3.38. The van der Waals surface area contributed by atoms with Crippen LogP contribution in [0.2, 0.25) is 0 Å². The largest absolute Gasteiger partial charge is 0.466 e. The van der Waals surface area contributed by atoms with Crippen molar-refractivity contribution < 1.29 is 45.6 Å². The summed E-state index contributed by atoms with van der Waals surface area (Å²) >= 11 is 0. The molecule has 6 N–H and O–H groups in total. The van der Waals surface area contributed by atoms with Gasteiger partial charge in [-0.1, -0.05) is 6.07 Å². The van der Waals surface area contributed by atoms with Gasteiger partial charge in [-0.05, 0) is 12.1 Å². The Morgan fingerprint density at radius 2 is 1.24 bits per heavy atom. The highest BCUT2D eigenvalue weighted by atomic mass is 31.2. The van der Waals surface area contributed by atoms with Crippen molar-refractivity contribution >= 4 is 13.5 Å². The fourth-order valence-corrected chi connectivity index (χ4v) is 1.18. The van der Waals surface area contributed by atoms with Crippen LogP contribution in [-0.4, -0.2) is 14.7 Å². The average Bonchev–Trinajstić information content (AvgIpc) is 2.23. The standard InChI is InChI=1S/C8H6F6N2.H3O4P/c9-7(10,11)4-2-1-3-5(6(4)16-15)8(12,13)14;1-5(2,3)4/h1-3,16H,15H2;(H3,1,2,3,4). The van der Waals surface area contributed by atoms with E-state index in [2.05, 4.69) is 0 Å². The van der Waals surface area contributed by atoms with E-state index < -0.39 is 37.0 Å². The second-order valence-corrected chi connectivity index (χ2v) is 4.41. The molecule has 21 heavy (non-hydrogen) atoms. The first-order valence-electron chi connectivity index (χ1n) is 4.70. The lowest BCUT2D eigenvalue weighted by atomic mass is 10.1. The Bertz CT molecular complexity index is 486. The maximum atomic E-state index is 12.3. The Labute approximate surface area is 113 Å². The summed E-state index contributed by atoms with van der Waals surface area (Å²) in [5, 5.41) is 0. The van der Waals surface area contributed by atoms with Crippen molar-refractivity contribution in [2.24, 2.45) is 5.84 Å². The number of rotatable bonds is 1. The van der Waals surface area contributed by atoms with Gasteiger partial charge in [-0.25, -0.2) is 4.57 Å². The highest BCUT2D eigenvalue weighted by Crippen LogP contribution is 2.41. The van der Waals surface area contributed by atoms with Gasteiger partial charge in [-0.3, -0.25) is 5.84 Å². The van der Waals surface area contributed by atoms with Crippen LogP contribution in [0.25, 0.3) is 0 Å². The van der Waals surface area contributed by atoms with Crippen molar-refractivity contribution in [1.29, 1.82) is 0 Å². The van der Waals surface area contributed by atoms with Crippen molar-refractivity contribution in [3.05, 3.63) is 29.3 Å². The number of hydrogen-bond acceptors (Lipinski definition) is 3. The van der Waals surface area contributed by atoms with Crippen molar-refractivity contribution in [3.63, 3.8) is 0 Å². The molecule has 0 amide bonds. The molecule has 0 saturated heterocycles. The highest BCUT2D eigenvalue weighted by Gasteiger charge is 2.40. The minimum atomic E-state index is -4.90. The number of benzene rings is 1. The Kier molecular flexibility index (Phi) is 6.20. The molecule has 0 aliphatic carbocycles. The third-order valence-corrected chi connectivity index (χ3v) is 1.82. The number of alkyl halides is 6. The SMILES string of the molecule is NNc1c(C(F)(F)F)cccc1C(F)(F)F.O=P(O)(O)O. The van der Waals surface area contributed by atoms with E-state index in [1.807, 2.05) is 0 Å². The minimum Gasteiger partial charge on any atom is -0.323 e. The van der Waals surface area contributed by atoms with Gasteiger partial charge < -0.3 is 20.1 Å². The molecule has 0 aromatic heterocycles. The third kappa shape index (κ3) is 7.29. The third-order valence-electron chi connectivity index (χ3n) is 1.82. The van der Waals surface area contributed by atoms with Gasteiger partial charge >= 0.3 is 20.2 Å². The summed E-state index contributed by atoms with van der Waals surface area (Å²) in [7, 11) is -4.64. The van der Waals surface area contributed by atoms with Crippen LogP contribution in [0.15, 0.2) is 18.2 Å². The van der Waals surface area contributed by atoms with Crippen LogP contribution in [0, 0.1) is 0 Å². The van der Waals surface area contributed by atoms with Gasteiger partial charge in [0, 0.05) is 0 Å². The molecule has 1 aromatic rings. The molecule has 6 nitrogen and oxygen atoms in total. The zero-order chi connectivity index (χ0) is 17.1. The molecule has 122 valence electrons. The summed E-state index contributed by atoms with van der Waals surface area (Å²) in [6.07, 6.45) is -9.80. The van der Waals surface area contributed by atoms with E-state index in [9.17, 15) is 26.3 Å². The predicted molar refractivity (Wildman–Crippen MR) is 58.5 cm³/mol. The molecule has 0 heterocycles. The topological polar surface area (TPSA) is 116 Å². The summed E-state index contributed by atoms with van der Waals surface area (Å²) < 4.78 is 82.9. The number of phosphoric acid groups is 1. The zero-order valence-corrected chi connectivity index (χ0v) is 10.7. The van der Waals surface area contributed by atoms with Gasteiger partial charge in [0.05, 0.1) is 16.8 Å². The maximum Gasteiger partial charge on any atom is 0.466 e. The van der Waals surface area contributed by atoms with Gasteiger partial charge in [0.1, 0.15) is 0 Å². The molecule has 0 aliphatic heterocycles. The molecule has 0 aliphatic rings. The number of halogens is 6. The quantitative estimate of drug-likeness (QED) is 0.231. The summed E-state index contributed by atoms with van der Waals surface area (Å²) in [5.41, 5.74) is -2.65. The van der Waals surface area contributed by atoms with E-state index in [0.29, 0.717) is 18.2 Å². The summed E-state index contributed by atoms with van der Waals surface area (Å²) in [6.45, 7) is 0. The molecular weight excluding hydrogens is 333 g/mol. The Hall–Kier alpha value is -1.33. The van der Waals surface area contributed by atoms with Gasteiger partial charge in [-0.2, -0.15) is 26.3 Å². The predicted octanol–water partition coefficient (Wildman–Crippen LogP) is 2.08. The smallest absolute Gasteiger partial charge is 0.323 e. The lowest BCUT2D eigenvalue weighted by Gasteiger charge is -2.17. The summed E-state index contributed by atoms with van der Waals surface area (Å²) in [5.74, 6) is 4.69. The zero-order valence-electron chi connectivity index (χ0n) is 9.77. The molecule has 1 rings (SSSR count). The fraction of sp³-hybridized carbons (Fsp3) is 0.250. The number of anilines is 1. The number of para-hydroxylation sites is 1. The molecule has 0 bridgehead atoms. The summed E-state index contributed by atoms with van der Waals surface area (Å²) in [6, 6.07) is 1.71. The molecule has 0 saturated carbocycles. The monoisotopic (exact) mass is 342 g/mol. The van der Waals surface area contributed by atoms with Crippen LogP contribution in [-0.2, 0) is 16.9 Å². The molecule has 1 aromatic carbocycles. The normalized spacial score (nSPS) is 12.5. The van der Waals surface area contributed by atoms with E-state index in [1.165, 1.54) is 5.43 Å². The number of hydrogen-bond donors (Lipinski definition) is 5. The maximum absolute atomic E-state index is 12.3. The van der Waals surface area contributed by atoms with Crippen molar-refractivity contribution in [1.82, 2.24) is 0 Å². The van der Waals surface area contributed by atoms with Crippen LogP contribution in [0.5, 0.6) is 0 Å². The van der Waals surface area contributed by atoms with Gasteiger partial charge in [0.15, 0.2) is 0 Å². The van der Waals surface area contributed by atoms with Crippen LogP contribution in [0.4, 0.5) is 32.0 Å². The molecule has 0 radical (unpaired) electrons. The second kappa shape index (κ2) is 6.62. The Morgan fingerprint density at radius 1 is 0.952 bits per heavy atom. The number of hydrazine groups is 1. The van der Waals surface area contributed by atoms with Crippen LogP contribution >= 0.6 is 7.82 Å². The number of nitrogens with two attached hydrogens (primary N) is 1. The first kappa shape index (κ1) is 19.7. The van der Waals surface area contributed by atoms with Crippen molar-refractivity contribution in [2.45, 2.75) is 12.4 Å². The molecular formula is C8H9F6N2O4P. The molecule has 0 unspecified atom stereocenters. The first-order valence-corrected chi connectivity index (χ1v) is 6.26. The van der Waals surface area contributed by atoms with E-state index in [4.69, 9.17) is 25.1 Å². The Morgan fingerprint density at radius 3 is 1.43 bits per heavy atom. The number of nitrogens with one attached hydrogen (secondary N) is 1. The lowest BCUT2D eigenvalue weighted by Crippen LogP contribution is -2.20. The highest BCUT2D eigenvalue weighted by molar-refractivity contribution is 7.45. The summed E-state index contributed by atoms with van der Waals surface area (Å²) in [4.78, 5) is 21.6. The molecule has 0 atom stereocenters. The van der Waals surface area contributed by atoms with E-state index in [1.54, 1.807) is 0 Å². The first-order chi connectivity index (χ1) is 9.18. The molecule has 0 spiro atoms. The number of nitrogen functional groups attached to an aromatic ring is 1. The van der Waals surface area contributed by atoms with E-state index >= 15 is 0 Å². The molecule has 0 fully saturated rings. The van der Waals surface area contributed by atoms with Gasteiger partial charge in [0.2, 0.25) is 0 Å². The van der Waals surface area contributed by atoms with E-state index in [-0.39, 0.29) is 0 Å². The minimum absolute atomic E-state index is 0.518. The Balaban J connectivity index is 0.000000690. The fourth-order valence-electron chi connectivity index (χ4n) is 1.18. The van der Waals surface area contributed by atoms with Crippen molar-refractivity contribution in [3.8, 4) is 0 Å².